The van der Waals surface area contributed by atoms with E-state index in [1.165, 1.54) is 19.2 Å². The van der Waals surface area contributed by atoms with Crippen LogP contribution in [0.25, 0.3) is 0 Å². The lowest BCUT2D eigenvalue weighted by atomic mass is 9.89. The highest BCUT2D eigenvalue weighted by Crippen LogP contribution is 2.26. The number of aromatic nitrogens is 2. The third-order valence-corrected chi connectivity index (χ3v) is 4.01. The molecular weight excluding hydrogens is 274 g/mol. The molecule has 7 heteroatoms. The quantitative estimate of drug-likeness (QED) is 0.820. The molecule has 2 heterocycles. The first-order valence-electron chi connectivity index (χ1n) is 7.22. The Kier molecular flexibility index (Phi) is 4.03. The van der Waals surface area contributed by atoms with Crippen LogP contribution in [0.2, 0.25) is 0 Å². The summed E-state index contributed by atoms with van der Waals surface area (Å²) >= 11 is 0. The van der Waals surface area contributed by atoms with Crippen LogP contribution in [0.1, 0.15) is 29.8 Å². The number of hydrogen-bond donors (Lipinski definition) is 1. The molecule has 7 nitrogen and oxygen atoms in total. The zero-order valence-electron chi connectivity index (χ0n) is 11.9. The zero-order chi connectivity index (χ0) is 14.8. The van der Waals surface area contributed by atoms with Gasteiger partial charge in [-0.15, -0.1) is 0 Å². The van der Waals surface area contributed by atoms with Crippen molar-refractivity contribution in [3.8, 4) is 0 Å². The Hall–Kier alpha value is -1.73. The molecule has 1 N–H and O–H groups in total. The number of aryl methyl sites for hydroxylation is 1. The third-order valence-electron chi connectivity index (χ3n) is 4.01. The molecule has 0 radical (unpaired) electrons. The summed E-state index contributed by atoms with van der Waals surface area (Å²) in [7, 11) is 1.53. The van der Waals surface area contributed by atoms with Gasteiger partial charge in [0.1, 0.15) is 5.69 Å². The van der Waals surface area contributed by atoms with E-state index in [0.717, 1.165) is 23.9 Å². The van der Waals surface area contributed by atoms with Gasteiger partial charge in [-0.1, -0.05) is 0 Å². The summed E-state index contributed by atoms with van der Waals surface area (Å²) in [5.74, 6) is -0.259. The second kappa shape index (κ2) is 5.95. The minimum atomic E-state index is -0.259. The van der Waals surface area contributed by atoms with E-state index in [0.29, 0.717) is 13.2 Å². The van der Waals surface area contributed by atoms with Gasteiger partial charge in [0.25, 0.3) is 11.5 Å². The molecular formula is C14H19N3O4. The van der Waals surface area contributed by atoms with Crippen LogP contribution in [0.3, 0.4) is 0 Å². The van der Waals surface area contributed by atoms with Gasteiger partial charge >= 0.3 is 0 Å². The molecule has 3 rings (SSSR count). The summed E-state index contributed by atoms with van der Waals surface area (Å²) in [5.41, 5.74) is 0.0137. The molecule has 1 aliphatic carbocycles. The number of fused-ring (bicyclic) bond motifs is 1. The average molecular weight is 293 g/mol. The number of carbonyl (C=O) groups is 1. The summed E-state index contributed by atoms with van der Waals surface area (Å²) in [4.78, 5) is 23.5. The fourth-order valence-corrected chi connectivity index (χ4v) is 2.88. The van der Waals surface area contributed by atoms with E-state index >= 15 is 0 Å². The number of ether oxygens (including phenoxy) is 2. The van der Waals surface area contributed by atoms with E-state index in [1.54, 1.807) is 0 Å². The molecule has 1 aromatic heterocycles. The molecule has 0 bridgehead atoms. The van der Waals surface area contributed by atoms with Crippen LogP contribution in [0.4, 0.5) is 0 Å². The average Bonchev–Trinajstić information content (AvgIpc) is 2.50. The van der Waals surface area contributed by atoms with Crippen molar-refractivity contribution in [2.24, 2.45) is 7.05 Å². The van der Waals surface area contributed by atoms with E-state index in [4.69, 9.17) is 9.47 Å². The van der Waals surface area contributed by atoms with Gasteiger partial charge in [0.2, 0.25) is 0 Å². The summed E-state index contributed by atoms with van der Waals surface area (Å²) in [6.45, 7) is 1.27. The Morgan fingerprint density at radius 3 is 2.81 bits per heavy atom. The number of hydrogen-bond acceptors (Lipinski definition) is 5. The highest BCUT2D eigenvalue weighted by atomic mass is 16.6. The van der Waals surface area contributed by atoms with Gasteiger partial charge < -0.3 is 14.8 Å². The highest BCUT2D eigenvalue weighted by Gasteiger charge is 2.34. The normalized spacial score (nSPS) is 28.7. The number of carbonyl (C=O) groups excluding carboxylic acids is 1. The fraction of sp³-hybridized carbons (Fsp3) is 0.643. The van der Waals surface area contributed by atoms with Crippen molar-refractivity contribution in [2.75, 3.05) is 13.2 Å². The SMILES string of the molecule is Cn1nc(C(=O)N[C@@H]2CC[C@@H]3OCCO[C@@H]3C2)ccc1=O. The molecule has 1 aliphatic heterocycles. The third kappa shape index (κ3) is 3.14. The van der Waals surface area contributed by atoms with Gasteiger partial charge in [-0.25, -0.2) is 4.68 Å². The first-order valence-corrected chi connectivity index (χ1v) is 7.22. The van der Waals surface area contributed by atoms with Crippen LogP contribution in [-0.2, 0) is 16.5 Å². The van der Waals surface area contributed by atoms with Crippen LogP contribution < -0.4 is 10.9 Å². The predicted molar refractivity (Wildman–Crippen MR) is 74.1 cm³/mol. The van der Waals surface area contributed by atoms with Crippen molar-refractivity contribution < 1.29 is 14.3 Å². The van der Waals surface area contributed by atoms with Crippen molar-refractivity contribution >= 4 is 5.91 Å². The molecule has 1 saturated carbocycles. The molecule has 0 spiro atoms. The van der Waals surface area contributed by atoms with E-state index < -0.39 is 0 Å². The summed E-state index contributed by atoms with van der Waals surface area (Å²) in [6.07, 6.45) is 2.72. The van der Waals surface area contributed by atoms with Gasteiger partial charge in [-0.3, -0.25) is 9.59 Å². The molecule has 1 aromatic rings. The Bertz CT molecular complexity index is 586. The molecule has 1 saturated heterocycles. The van der Waals surface area contributed by atoms with Gasteiger partial charge in [0.05, 0.1) is 25.4 Å². The summed E-state index contributed by atoms with van der Waals surface area (Å²) < 4.78 is 12.5. The maximum Gasteiger partial charge on any atom is 0.271 e. The molecule has 2 fully saturated rings. The number of nitrogens with one attached hydrogen (secondary N) is 1. The molecule has 1 amide bonds. The summed E-state index contributed by atoms with van der Waals surface area (Å²) in [6, 6.07) is 2.85. The second-order valence-corrected chi connectivity index (χ2v) is 5.48. The first kappa shape index (κ1) is 14.2. The minimum Gasteiger partial charge on any atom is -0.373 e. The van der Waals surface area contributed by atoms with Crippen molar-refractivity contribution in [3.63, 3.8) is 0 Å². The highest BCUT2D eigenvalue weighted by molar-refractivity contribution is 5.92. The van der Waals surface area contributed by atoms with E-state index in [-0.39, 0.29) is 35.4 Å². The topological polar surface area (TPSA) is 82.5 Å². The Morgan fingerprint density at radius 1 is 1.29 bits per heavy atom. The van der Waals surface area contributed by atoms with E-state index in [9.17, 15) is 9.59 Å². The lowest BCUT2D eigenvalue weighted by Crippen LogP contribution is -2.49. The van der Waals surface area contributed by atoms with Crippen molar-refractivity contribution in [2.45, 2.75) is 37.5 Å². The standard InChI is InChI=1S/C14H19N3O4/c1-17-13(18)5-3-10(16-17)14(19)15-9-2-4-11-12(8-9)21-7-6-20-11/h3,5,9,11-12H,2,4,6-8H2,1H3,(H,15,19)/t9-,11+,12-/m1/s1. The van der Waals surface area contributed by atoms with Crippen LogP contribution in [-0.4, -0.2) is 47.2 Å². The molecule has 114 valence electrons. The maximum atomic E-state index is 12.2. The largest absolute Gasteiger partial charge is 0.373 e. The van der Waals surface area contributed by atoms with Crippen molar-refractivity contribution in [1.82, 2.24) is 15.1 Å². The molecule has 0 aromatic carbocycles. The Balaban J connectivity index is 1.62. The fourth-order valence-electron chi connectivity index (χ4n) is 2.88. The maximum absolute atomic E-state index is 12.2. The Labute approximate surface area is 122 Å². The van der Waals surface area contributed by atoms with Crippen LogP contribution in [0.15, 0.2) is 16.9 Å². The second-order valence-electron chi connectivity index (χ2n) is 5.48. The van der Waals surface area contributed by atoms with Gasteiger partial charge in [-0.05, 0) is 25.3 Å². The monoisotopic (exact) mass is 293 g/mol. The van der Waals surface area contributed by atoms with Gasteiger partial charge in [0, 0.05) is 19.2 Å². The molecule has 0 unspecified atom stereocenters. The molecule has 2 aliphatic rings. The van der Waals surface area contributed by atoms with Gasteiger partial charge in [-0.2, -0.15) is 5.10 Å². The number of nitrogens with zero attached hydrogens (tertiary/aromatic N) is 2. The lowest BCUT2D eigenvalue weighted by Gasteiger charge is -2.39. The van der Waals surface area contributed by atoms with E-state index in [1.807, 2.05) is 0 Å². The summed E-state index contributed by atoms with van der Waals surface area (Å²) in [5, 5.41) is 6.92. The minimum absolute atomic E-state index is 0.0551. The van der Waals surface area contributed by atoms with Crippen LogP contribution in [0, 0.1) is 0 Å². The van der Waals surface area contributed by atoms with Crippen molar-refractivity contribution in [1.29, 1.82) is 0 Å². The molecule has 21 heavy (non-hydrogen) atoms. The van der Waals surface area contributed by atoms with Crippen LogP contribution in [0.5, 0.6) is 0 Å². The Morgan fingerprint density at radius 2 is 2.05 bits per heavy atom. The van der Waals surface area contributed by atoms with E-state index in [2.05, 4.69) is 10.4 Å². The van der Waals surface area contributed by atoms with Crippen molar-refractivity contribution in [3.05, 3.63) is 28.2 Å². The van der Waals surface area contributed by atoms with Crippen LogP contribution >= 0.6 is 0 Å². The number of amides is 1. The van der Waals surface area contributed by atoms with Gasteiger partial charge in [0.15, 0.2) is 0 Å². The zero-order valence-corrected chi connectivity index (χ0v) is 11.9. The lowest BCUT2D eigenvalue weighted by molar-refractivity contribution is -0.157. The molecule has 3 atom stereocenters. The number of rotatable bonds is 2. The predicted octanol–water partition coefficient (Wildman–Crippen LogP) is -0.153. The first-order chi connectivity index (χ1) is 10.1. The smallest absolute Gasteiger partial charge is 0.271 e.